The van der Waals surface area contributed by atoms with Crippen LogP contribution in [-0.4, -0.2) is 60.1 Å². The molecule has 0 radical (unpaired) electrons. The van der Waals surface area contributed by atoms with Crippen molar-refractivity contribution in [3.05, 3.63) is 0 Å². The number of likely N-dealkylation sites (N-methyl/N-ethyl adjacent to an activating group) is 1. The van der Waals surface area contributed by atoms with Gasteiger partial charge in [-0.15, -0.1) is 0 Å². The molecule has 0 saturated carbocycles. The number of nitrogens with zero attached hydrogens (tertiary/aromatic N) is 1. The van der Waals surface area contributed by atoms with Crippen LogP contribution in [-0.2, 0) is 14.3 Å². The van der Waals surface area contributed by atoms with Gasteiger partial charge in [0.25, 0.3) is 0 Å². The minimum atomic E-state index is -1.28. The summed E-state index contributed by atoms with van der Waals surface area (Å²) in [6.45, 7) is 10.8. The third-order valence-corrected chi connectivity index (χ3v) is 2.98. The normalized spacial score (nSPS) is 15.2. The molecule has 1 unspecified atom stereocenters. The molecule has 9 nitrogen and oxygen atoms in total. The van der Waals surface area contributed by atoms with E-state index < -0.39 is 35.4 Å². The maximum absolute atomic E-state index is 11.9. The molecule has 1 amide bonds. The van der Waals surface area contributed by atoms with Crippen molar-refractivity contribution in [2.75, 3.05) is 13.6 Å². The summed E-state index contributed by atoms with van der Waals surface area (Å²) in [5.74, 6) is -0.723. The number of aliphatic imine (C=N–C) groups is 1. The number of amides is 1. The lowest BCUT2D eigenvalue weighted by molar-refractivity contribution is -0.166. The average molecular weight is 374 g/mol. The molecule has 9 heteroatoms. The number of carbonyl (C=O) groups is 2. The summed E-state index contributed by atoms with van der Waals surface area (Å²) in [6.07, 6.45) is -0.935. The van der Waals surface area contributed by atoms with Crippen molar-refractivity contribution in [2.45, 2.75) is 77.7 Å². The number of aliphatic hydroxyl groups is 1. The van der Waals surface area contributed by atoms with E-state index in [0.717, 1.165) is 0 Å². The molecule has 0 aromatic carbocycles. The van der Waals surface area contributed by atoms with Gasteiger partial charge in [-0.2, -0.15) is 0 Å². The minimum Gasteiger partial charge on any atom is -0.458 e. The zero-order chi connectivity index (χ0) is 20.5. The number of ether oxygens (including phenoxy) is 2. The van der Waals surface area contributed by atoms with Crippen LogP contribution in [0.3, 0.4) is 0 Å². The zero-order valence-corrected chi connectivity index (χ0v) is 16.9. The molecule has 0 rings (SSSR count). The summed E-state index contributed by atoms with van der Waals surface area (Å²) in [6, 6.07) is -0.472. The second-order valence-electron chi connectivity index (χ2n) is 7.91. The number of alkyl carbamates (subject to hydrolysis) is 1. The van der Waals surface area contributed by atoms with E-state index in [1.165, 1.54) is 0 Å². The molecule has 0 aromatic rings. The number of nitrogens with two attached hydrogens (primary N) is 1. The van der Waals surface area contributed by atoms with Crippen molar-refractivity contribution in [3.8, 4) is 0 Å². The Morgan fingerprint density at radius 2 is 1.65 bits per heavy atom. The van der Waals surface area contributed by atoms with Crippen molar-refractivity contribution in [3.63, 3.8) is 0 Å². The number of guanidine groups is 1. The number of nitrogens with one attached hydrogen (secondary N) is 2. The first kappa shape index (κ1) is 24.1. The lowest BCUT2D eigenvalue weighted by atomic mass is 10.1. The van der Waals surface area contributed by atoms with Crippen molar-refractivity contribution in [1.82, 2.24) is 10.6 Å². The summed E-state index contributed by atoms with van der Waals surface area (Å²) in [5.41, 5.74) is 4.33. The Morgan fingerprint density at radius 3 is 2.12 bits per heavy atom. The van der Waals surface area contributed by atoms with E-state index >= 15 is 0 Å². The Bertz CT molecular complexity index is 494. The molecule has 152 valence electrons. The number of carbonyl (C=O) groups excluding carboxylic acids is 2. The van der Waals surface area contributed by atoms with Crippen LogP contribution in [0.15, 0.2) is 4.99 Å². The van der Waals surface area contributed by atoms with Crippen LogP contribution in [0.4, 0.5) is 4.79 Å². The van der Waals surface area contributed by atoms with Crippen molar-refractivity contribution >= 4 is 18.0 Å². The summed E-state index contributed by atoms with van der Waals surface area (Å²) in [7, 11) is 1.65. The highest BCUT2D eigenvalue weighted by atomic mass is 16.6. The molecule has 0 aromatic heterocycles. The quantitative estimate of drug-likeness (QED) is 0.225. The number of rotatable bonds is 7. The van der Waals surface area contributed by atoms with Crippen molar-refractivity contribution in [2.24, 2.45) is 10.7 Å². The van der Waals surface area contributed by atoms with E-state index in [-0.39, 0.29) is 5.96 Å². The smallest absolute Gasteiger partial charge is 0.414 e. The molecular formula is C17H34N4O5. The molecule has 2 atom stereocenters. The van der Waals surface area contributed by atoms with E-state index in [4.69, 9.17) is 15.2 Å². The average Bonchev–Trinajstić information content (AvgIpc) is 2.42. The minimum absolute atomic E-state index is 0.0482. The van der Waals surface area contributed by atoms with Crippen LogP contribution in [0.2, 0.25) is 0 Å². The Hall–Kier alpha value is -1.87. The fourth-order valence-corrected chi connectivity index (χ4v) is 1.94. The molecule has 0 aliphatic carbocycles. The maximum atomic E-state index is 11.9. The summed E-state index contributed by atoms with van der Waals surface area (Å²) >= 11 is 0. The summed E-state index contributed by atoms with van der Waals surface area (Å²) in [5, 5.41) is 15.3. The lowest BCUT2D eigenvalue weighted by Gasteiger charge is -2.25. The van der Waals surface area contributed by atoms with Gasteiger partial charge in [0.1, 0.15) is 11.2 Å². The Kier molecular flexibility index (Phi) is 9.58. The van der Waals surface area contributed by atoms with Crippen LogP contribution >= 0.6 is 0 Å². The fraction of sp³-hybridized carbons (Fsp3) is 0.824. The molecule has 5 N–H and O–H groups in total. The second-order valence-corrected chi connectivity index (χ2v) is 7.91. The monoisotopic (exact) mass is 374 g/mol. The highest BCUT2D eigenvalue weighted by molar-refractivity contribution is 5.92. The van der Waals surface area contributed by atoms with Gasteiger partial charge in [-0.1, -0.05) is 0 Å². The first-order valence-electron chi connectivity index (χ1n) is 8.63. The zero-order valence-electron chi connectivity index (χ0n) is 16.9. The molecule has 0 bridgehead atoms. The van der Waals surface area contributed by atoms with Gasteiger partial charge in [-0.25, -0.2) is 9.59 Å². The van der Waals surface area contributed by atoms with E-state index in [1.54, 1.807) is 48.6 Å². The summed E-state index contributed by atoms with van der Waals surface area (Å²) in [4.78, 5) is 27.5. The molecule has 0 heterocycles. The topological polar surface area (TPSA) is 135 Å². The molecule has 0 spiro atoms. The molecular weight excluding hydrogens is 340 g/mol. The van der Waals surface area contributed by atoms with E-state index in [2.05, 4.69) is 15.6 Å². The van der Waals surface area contributed by atoms with Gasteiger partial charge in [-0.3, -0.25) is 10.3 Å². The van der Waals surface area contributed by atoms with Crippen LogP contribution < -0.4 is 16.4 Å². The first-order valence-corrected chi connectivity index (χ1v) is 8.63. The van der Waals surface area contributed by atoms with Crippen LogP contribution in [0.1, 0.15) is 54.4 Å². The second kappa shape index (κ2) is 10.3. The lowest BCUT2D eigenvalue weighted by Crippen LogP contribution is -2.45. The van der Waals surface area contributed by atoms with Gasteiger partial charge in [0, 0.05) is 12.6 Å². The van der Waals surface area contributed by atoms with Gasteiger partial charge in [0.05, 0.1) is 0 Å². The molecule has 0 aliphatic heterocycles. The van der Waals surface area contributed by atoms with Crippen LogP contribution in [0.5, 0.6) is 0 Å². The standard InChI is InChI=1S/C17H34N4O5/c1-16(2,3)25-13(23)12(22)11(19-7)9-8-10-20-14(18)21-15(24)26-17(4,5)6/h11-12,19,22H,8-10H2,1-7H3,(H3,18,20,21,24)/t11-,12?/m0/s1. The number of esters is 1. The largest absolute Gasteiger partial charge is 0.458 e. The number of hydrogen-bond donors (Lipinski definition) is 4. The fourth-order valence-electron chi connectivity index (χ4n) is 1.94. The van der Waals surface area contributed by atoms with Gasteiger partial charge >= 0.3 is 12.1 Å². The number of aliphatic hydroxyl groups excluding tert-OH is 1. The van der Waals surface area contributed by atoms with Gasteiger partial charge in [0.15, 0.2) is 12.1 Å². The highest BCUT2D eigenvalue weighted by Gasteiger charge is 2.29. The van der Waals surface area contributed by atoms with Crippen molar-refractivity contribution in [1.29, 1.82) is 0 Å². The van der Waals surface area contributed by atoms with Gasteiger partial charge < -0.3 is 25.6 Å². The van der Waals surface area contributed by atoms with Crippen molar-refractivity contribution < 1.29 is 24.2 Å². The maximum Gasteiger partial charge on any atom is 0.414 e. The van der Waals surface area contributed by atoms with Crippen LogP contribution in [0.25, 0.3) is 0 Å². The molecule has 0 fully saturated rings. The third kappa shape index (κ3) is 11.6. The Labute approximate surface area is 155 Å². The Morgan fingerprint density at radius 1 is 1.12 bits per heavy atom. The molecule has 0 saturated heterocycles. The SMILES string of the molecule is CN[C@@H](CCCN=C(N)NC(=O)OC(C)(C)C)C(O)C(=O)OC(C)(C)C. The van der Waals surface area contributed by atoms with Gasteiger partial charge in [-0.05, 0) is 61.4 Å². The Balaban J connectivity index is 4.37. The molecule has 26 heavy (non-hydrogen) atoms. The predicted molar refractivity (Wildman–Crippen MR) is 99.8 cm³/mol. The van der Waals surface area contributed by atoms with E-state index in [0.29, 0.717) is 19.4 Å². The molecule has 0 aliphatic rings. The van der Waals surface area contributed by atoms with E-state index in [9.17, 15) is 14.7 Å². The first-order chi connectivity index (χ1) is 11.7. The highest BCUT2D eigenvalue weighted by Crippen LogP contribution is 2.12. The summed E-state index contributed by atoms with van der Waals surface area (Å²) < 4.78 is 10.2. The number of hydrogen-bond acceptors (Lipinski definition) is 7. The third-order valence-electron chi connectivity index (χ3n) is 2.98. The van der Waals surface area contributed by atoms with Crippen LogP contribution in [0, 0.1) is 0 Å². The van der Waals surface area contributed by atoms with E-state index in [1.807, 2.05) is 0 Å². The predicted octanol–water partition coefficient (Wildman–Crippen LogP) is 0.897. The van der Waals surface area contributed by atoms with Gasteiger partial charge in [0.2, 0.25) is 0 Å².